The largest absolute Gasteiger partial charge is 0.324 e. The van der Waals surface area contributed by atoms with Crippen molar-refractivity contribution in [2.24, 2.45) is 0 Å². The van der Waals surface area contributed by atoms with Gasteiger partial charge in [-0.05, 0) is 6.26 Å². The average Bonchev–Trinajstić information content (AvgIpc) is 2.25. The molecule has 0 bridgehead atoms. The lowest BCUT2D eigenvalue weighted by molar-refractivity contribution is -0.132. The molecule has 1 heterocycles. The highest BCUT2D eigenvalue weighted by Gasteiger charge is 2.25. The second-order valence-electron chi connectivity index (χ2n) is 3.18. The predicted molar refractivity (Wildman–Crippen MR) is 57.0 cm³/mol. The summed E-state index contributed by atoms with van der Waals surface area (Å²) in [5.74, 6) is 0.938. The number of thioether (sulfide) groups is 1. The van der Waals surface area contributed by atoms with E-state index in [1.807, 2.05) is 6.26 Å². The van der Waals surface area contributed by atoms with Crippen LogP contribution in [0.3, 0.4) is 0 Å². The smallest absolute Gasteiger partial charge is 0.224 e. The molecule has 1 amide bonds. The number of carbonyl (C=O) groups excluding carboxylic acids is 1. The Kier molecular flexibility index (Phi) is 4.77. The van der Waals surface area contributed by atoms with E-state index in [1.165, 1.54) is 0 Å². The van der Waals surface area contributed by atoms with Crippen LogP contribution < -0.4 is 5.32 Å². The lowest BCUT2D eigenvalue weighted by Gasteiger charge is -2.31. The van der Waals surface area contributed by atoms with Crippen molar-refractivity contribution < 1.29 is 4.79 Å². The first-order valence-electron chi connectivity index (χ1n) is 4.68. The van der Waals surface area contributed by atoms with Gasteiger partial charge in [0.05, 0.1) is 6.07 Å². The van der Waals surface area contributed by atoms with Crippen LogP contribution in [-0.2, 0) is 4.79 Å². The number of nitrogens with one attached hydrogen (secondary N) is 1. The molecule has 1 unspecified atom stereocenters. The summed E-state index contributed by atoms with van der Waals surface area (Å²) in [6, 6.07) is 1.87. The van der Waals surface area contributed by atoms with Gasteiger partial charge < -0.3 is 10.2 Å². The average molecular weight is 213 g/mol. The molecular weight excluding hydrogens is 198 g/mol. The number of hydrogen-bond acceptors (Lipinski definition) is 4. The number of amides is 1. The Morgan fingerprint density at radius 1 is 1.79 bits per heavy atom. The molecule has 1 fully saturated rings. The first-order chi connectivity index (χ1) is 6.79. The van der Waals surface area contributed by atoms with E-state index in [9.17, 15) is 4.79 Å². The first kappa shape index (κ1) is 11.3. The lowest BCUT2D eigenvalue weighted by atomic mass is 10.2. The van der Waals surface area contributed by atoms with Crippen LogP contribution in [0.5, 0.6) is 0 Å². The third-order valence-corrected chi connectivity index (χ3v) is 2.85. The van der Waals surface area contributed by atoms with E-state index in [1.54, 1.807) is 16.7 Å². The summed E-state index contributed by atoms with van der Waals surface area (Å²) in [6.07, 6.45) is 2.52. The van der Waals surface area contributed by atoms with Crippen LogP contribution in [-0.4, -0.2) is 48.5 Å². The molecule has 0 aromatic heterocycles. The van der Waals surface area contributed by atoms with Crippen molar-refractivity contribution in [2.75, 3.05) is 31.6 Å². The number of rotatable bonds is 3. The molecule has 0 saturated carbocycles. The van der Waals surface area contributed by atoms with Gasteiger partial charge in [-0.2, -0.15) is 17.0 Å². The molecule has 0 aromatic rings. The summed E-state index contributed by atoms with van der Waals surface area (Å²) in [6.45, 7) is 2.05. The Hall–Kier alpha value is -0.730. The maximum Gasteiger partial charge on any atom is 0.224 e. The van der Waals surface area contributed by atoms with Gasteiger partial charge in [0.15, 0.2) is 0 Å². The van der Waals surface area contributed by atoms with Gasteiger partial charge in [0.1, 0.15) is 6.04 Å². The van der Waals surface area contributed by atoms with Gasteiger partial charge in [-0.25, -0.2) is 0 Å². The van der Waals surface area contributed by atoms with Crippen LogP contribution in [0.2, 0.25) is 0 Å². The van der Waals surface area contributed by atoms with Crippen LogP contribution in [0, 0.1) is 11.3 Å². The van der Waals surface area contributed by atoms with E-state index in [-0.39, 0.29) is 11.9 Å². The Morgan fingerprint density at radius 3 is 3.21 bits per heavy atom. The molecule has 14 heavy (non-hydrogen) atoms. The van der Waals surface area contributed by atoms with Crippen LogP contribution in [0.15, 0.2) is 0 Å². The molecule has 1 atom stereocenters. The zero-order valence-corrected chi connectivity index (χ0v) is 9.14. The quantitative estimate of drug-likeness (QED) is 0.720. The van der Waals surface area contributed by atoms with Crippen molar-refractivity contribution in [3.63, 3.8) is 0 Å². The van der Waals surface area contributed by atoms with E-state index in [0.29, 0.717) is 19.5 Å². The van der Waals surface area contributed by atoms with Gasteiger partial charge in [0.25, 0.3) is 0 Å². The Balaban J connectivity index is 2.47. The molecule has 1 rings (SSSR count). The number of carbonyl (C=O) groups is 1. The summed E-state index contributed by atoms with van der Waals surface area (Å²) in [5.41, 5.74) is 0. The normalized spacial score (nSPS) is 21.7. The van der Waals surface area contributed by atoms with Crippen molar-refractivity contribution in [3.8, 4) is 6.07 Å². The molecule has 5 heteroatoms. The van der Waals surface area contributed by atoms with Gasteiger partial charge in [-0.3, -0.25) is 4.79 Å². The summed E-state index contributed by atoms with van der Waals surface area (Å²) in [4.78, 5) is 13.3. The predicted octanol–water partition coefficient (Wildman–Crippen LogP) is 0.0635. The summed E-state index contributed by atoms with van der Waals surface area (Å²) < 4.78 is 0. The molecule has 1 N–H and O–H groups in total. The molecule has 1 aliphatic heterocycles. The van der Waals surface area contributed by atoms with Crippen LogP contribution >= 0.6 is 11.8 Å². The zero-order valence-electron chi connectivity index (χ0n) is 8.32. The van der Waals surface area contributed by atoms with E-state index in [4.69, 9.17) is 5.26 Å². The third-order valence-electron chi connectivity index (χ3n) is 2.23. The van der Waals surface area contributed by atoms with Crippen LogP contribution in [0.25, 0.3) is 0 Å². The minimum absolute atomic E-state index is 0.104. The van der Waals surface area contributed by atoms with E-state index in [2.05, 4.69) is 11.4 Å². The second-order valence-corrected chi connectivity index (χ2v) is 4.16. The Labute approximate surface area is 88.6 Å². The second kappa shape index (κ2) is 5.89. The molecule has 0 aliphatic carbocycles. The highest BCUT2D eigenvalue weighted by atomic mass is 32.2. The highest BCUT2D eigenvalue weighted by Crippen LogP contribution is 2.06. The summed E-state index contributed by atoms with van der Waals surface area (Å²) in [5, 5.41) is 12.0. The Bertz CT molecular complexity index is 239. The Morgan fingerprint density at radius 2 is 2.57 bits per heavy atom. The molecule has 0 aromatic carbocycles. The summed E-state index contributed by atoms with van der Waals surface area (Å²) in [7, 11) is 0. The number of nitriles is 1. The van der Waals surface area contributed by atoms with Crippen molar-refractivity contribution in [1.82, 2.24) is 10.2 Å². The molecule has 0 radical (unpaired) electrons. The summed E-state index contributed by atoms with van der Waals surface area (Å²) >= 11 is 1.66. The van der Waals surface area contributed by atoms with Crippen molar-refractivity contribution in [1.29, 1.82) is 5.26 Å². The van der Waals surface area contributed by atoms with Crippen molar-refractivity contribution in [2.45, 2.75) is 12.5 Å². The third kappa shape index (κ3) is 2.89. The zero-order chi connectivity index (χ0) is 10.4. The van der Waals surface area contributed by atoms with Crippen molar-refractivity contribution >= 4 is 17.7 Å². The van der Waals surface area contributed by atoms with E-state index < -0.39 is 0 Å². The van der Waals surface area contributed by atoms with Gasteiger partial charge in [-0.1, -0.05) is 0 Å². The van der Waals surface area contributed by atoms with Crippen LogP contribution in [0.1, 0.15) is 6.42 Å². The van der Waals surface area contributed by atoms with Gasteiger partial charge >= 0.3 is 0 Å². The fraction of sp³-hybridized carbons (Fsp3) is 0.778. The molecular formula is C9H15N3OS. The van der Waals surface area contributed by atoms with Gasteiger partial charge in [-0.15, -0.1) is 0 Å². The topological polar surface area (TPSA) is 56.1 Å². The lowest BCUT2D eigenvalue weighted by Crippen LogP contribution is -2.53. The fourth-order valence-electron chi connectivity index (χ4n) is 1.45. The number of nitrogens with zero attached hydrogens (tertiary/aromatic N) is 2. The minimum Gasteiger partial charge on any atom is -0.324 e. The fourth-order valence-corrected chi connectivity index (χ4v) is 1.83. The monoisotopic (exact) mass is 213 g/mol. The molecule has 78 valence electrons. The maximum absolute atomic E-state index is 11.7. The SMILES string of the molecule is CSCCC(=O)N1CCNCC1C#N. The van der Waals surface area contributed by atoms with E-state index >= 15 is 0 Å². The number of piperazine rings is 1. The molecule has 1 saturated heterocycles. The molecule has 0 spiro atoms. The minimum atomic E-state index is -0.280. The standard InChI is InChI=1S/C9H15N3OS/c1-14-5-2-9(13)12-4-3-11-7-8(12)6-10/h8,11H,2-5,7H2,1H3. The van der Waals surface area contributed by atoms with Gasteiger partial charge in [0.2, 0.25) is 5.91 Å². The maximum atomic E-state index is 11.7. The van der Waals surface area contributed by atoms with Gasteiger partial charge in [0, 0.05) is 31.8 Å². The van der Waals surface area contributed by atoms with E-state index in [0.717, 1.165) is 12.3 Å². The van der Waals surface area contributed by atoms with Crippen molar-refractivity contribution in [3.05, 3.63) is 0 Å². The first-order valence-corrected chi connectivity index (χ1v) is 6.07. The highest BCUT2D eigenvalue weighted by molar-refractivity contribution is 7.98. The molecule has 1 aliphatic rings. The number of hydrogen-bond donors (Lipinski definition) is 1. The molecule has 4 nitrogen and oxygen atoms in total. The van der Waals surface area contributed by atoms with Crippen LogP contribution in [0.4, 0.5) is 0 Å².